The number of benzene rings is 2. The zero-order valence-corrected chi connectivity index (χ0v) is 18.0. The third-order valence-electron chi connectivity index (χ3n) is 5.11. The highest BCUT2D eigenvalue weighted by Crippen LogP contribution is 2.28. The monoisotopic (exact) mass is 427 g/mol. The van der Waals surface area contributed by atoms with Gasteiger partial charge in [0.1, 0.15) is 0 Å². The van der Waals surface area contributed by atoms with E-state index in [1.807, 2.05) is 0 Å². The summed E-state index contributed by atoms with van der Waals surface area (Å²) in [7, 11) is 3.05. The van der Waals surface area contributed by atoms with Gasteiger partial charge in [-0.15, -0.1) is 0 Å². The van der Waals surface area contributed by atoms with Crippen LogP contribution in [0.5, 0.6) is 11.5 Å². The number of nitrogens with zero attached hydrogens (tertiary/aromatic N) is 1. The molecule has 2 aromatic carbocycles. The molecule has 0 spiro atoms. The summed E-state index contributed by atoms with van der Waals surface area (Å²) in [4.78, 5) is 27.7. The van der Waals surface area contributed by atoms with Crippen molar-refractivity contribution in [1.29, 1.82) is 0 Å². The molecule has 1 saturated heterocycles. The second-order valence-corrected chi connectivity index (χ2v) is 7.13. The van der Waals surface area contributed by atoms with E-state index in [-0.39, 0.29) is 11.8 Å². The quantitative estimate of drug-likeness (QED) is 0.598. The van der Waals surface area contributed by atoms with Crippen molar-refractivity contribution >= 4 is 17.5 Å². The number of rotatable bonds is 9. The van der Waals surface area contributed by atoms with Crippen LogP contribution in [-0.2, 0) is 4.74 Å². The van der Waals surface area contributed by atoms with Crippen LogP contribution in [0, 0.1) is 0 Å². The van der Waals surface area contributed by atoms with Crippen molar-refractivity contribution < 1.29 is 23.8 Å². The van der Waals surface area contributed by atoms with E-state index >= 15 is 0 Å². The summed E-state index contributed by atoms with van der Waals surface area (Å²) in [6.07, 6.45) is 0.853. The van der Waals surface area contributed by atoms with Crippen LogP contribution in [0.25, 0.3) is 0 Å². The molecule has 0 aromatic heterocycles. The summed E-state index contributed by atoms with van der Waals surface area (Å²) in [5.74, 6) is 0.441. The lowest BCUT2D eigenvalue weighted by Crippen LogP contribution is -2.38. The lowest BCUT2D eigenvalue weighted by Gasteiger charge is -2.26. The molecule has 31 heavy (non-hydrogen) atoms. The largest absolute Gasteiger partial charge is 0.493 e. The molecule has 0 atom stereocenters. The number of morpholine rings is 1. The van der Waals surface area contributed by atoms with Crippen molar-refractivity contribution in [3.8, 4) is 11.5 Å². The van der Waals surface area contributed by atoms with Crippen LogP contribution in [0.15, 0.2) is 42.5 Å². The first-order chi connectivity index (χ1) is 15.1. The maximum Gasteiger partial charge on any atom is 0.255 e. The van der Waals surface area contributed by atoms with Gasteiger partial charge in [0.15, 0.2) is 11.5 Å². The molecular weight excluding hydrogens is 398 g/mol. The third-order valence-corrected chi connectivity index (χ3v) is 5.11. The number of methoxy groups -OCH3 is 2. The predicted octanol–water partition coefficient (Wildman–Crippen LogP) is 2.41. The lowest BCUT2D eigenvalue weighted by molar-refractivity contribution is 0.0374. The lowest BCUT2D eigenvalue weighted by atomic mass is 10.1. The first kappa shape index (κ1) is 22.6. The molecule has 8 nitrogen and oxygen atoms in total. The van der Waals surface area contributed by atoms with E-state index in [4.69, 9.17) is 14.2 Å². The predicted molar refractivity (Wildman–Crippen MR) is 118 cm³/mol. The molecule has 8 heteroatoms. The molecule has 1 heterocycles. The molecule has 2 N–H and O–H groups in total. The Morgan fingerprint density at radius 2 is 1.74 bits per heavy atom. The minimum Gasteiger partial charge on any atom is -0.493 e. The highest BCUT2D eigenvalue weighted by Gasteiger charge is 2.16. The number of carbonyl (C=O) groups is 2. The fraction of sp³-hybridized carbons (Fsp3) is 0.391. The number of carbonyl (C=O) groups excluding carboxylic acids is 2. The van der Waals surface area contributed by atoms with E-state index in [1.54, 1.807) is 42.5 Å². The molecule has 0 bridgehead atoms. The summed E-state index contributed by atoms with van der Waals surface area (Å²) in [5, 5.41) is 5.76. The van der Waals surface area contributed by atoms with Gasteiger partial charge in [0.2, 0.25) is 0 Å². The maximum absolute atomic E-state index is 12.7. The minimum absolute atomic E-state index is 0.217. The van der Waals surface area contributed by atoms with E-state index in [0.717, 1.165) is 39.3 Å². The molecule has 0 aliphatic carbocycles. The van der Waals surface area contributed by atoms with Crippen LogP contribution in [0.1, 0.15) is 27.1 Å². The number of amides is 2. The van der Waals surface area contributed by atoms with Gasteiger partial charge in [-0.2, -0.15) is 0 Å². The van der Waals surface area contributed by atoms with E-state index < -0.39 is 0 Å². The molecule has 2 amide bonds. The Morgan fingerprint density at radius 1 is 1.00 bits per heavy atom. The fourth-order valence-electron chi connectivity index (χ4n) is 3.39. The smallest absolute Gasteiger partial charge is 0.255 e. The summed E-state index contributed by atoms with van der Waals surface area (Å²) >= 11 is 0. The molecule has 1 fully saturated rings. The Morgan fingerprint density at radius 3 is 2.48 bits per heavy atom. The zero-order chi connectivity index (χ0) is 22.1. The number of ether oxygens (including phenoxy) is 3. The molecule has 166 valence electrons. The second-order valence-electron chi connectivity index (χ2n) is 7.13. The first-order valence-electron chi connectivity index (χ1n) is 10.3. The molecule has 1 aliphatic heterocycles. The van der Waals surface area contributed by atoms with Crippen LogP contribution in [0.2, 0.25) is 0 Å². The first-order valence-corrected chi connectivity index (χ1v) is 10.3. The number of hydrogen-bond donors (Lipinski definition) is 2. The number of anilines is 1. The molecule has 3 rings (SSSR count). The second kappa shape index (κ2) is 11.3. The Hall–Kier alpha value is -3.10. The van der Waals surface area contributed by atoms with Gasteiger partial charge in [0.25, 0.3) is 11.8 Å². The zero-order valence-electron chi connectivity index (χ0n) is 18.0. The maximum atomic E-state index is 12.7. The van der Waals surface area contributed by atoms with Gasteiger partial charge in [0, 0.05) is 25.2 Å². The summed E-state index contributed by atoms with van der Waals surface area (Å²) in [5.41, 5.74) is 1.27. The molecule has 0 saturated carbocycles. The van der Waals surface area contributed by atoms with E-state index in [1.165, 1.54) is 14.2 Å². The van der Waals surface area contributed by atoms with Crippen LogP contribution < -0.4 is 20.1 Å². The van der Waals surface area contributed by atoms with E-state index in [2.05, 4.69) is 15.5 Å². The normalized spacial score (nSPS) is 14.0. The van der Waals surface area contributed by atoms with Crippen molar-refractivity contribution in [3.05, 3.63) is 53.6 Å². The Kier molecular flexibility index (Phi) is 8.26. The molecule has 0 radical (unpaired) electrons. The highest BCUT2D eigenvalue weighted by molar-refractivity contribution is 6.09. The third kappa shape index (κ3) is 6.19. The van der Waals surface area contributed by atoms with Crippen LogP contribution >= 0.6 is 0 Å². The average molecular weight is 428 g/mol. The number of hydrogen-bond acceptors (Lipinski definition) is 6. The average Bonchev–Trinajstić information content (AvgIpc) is 2.82. The van der Waals surface area contributed by atoms with Gasteiger partial charge in [-0.25, -0.2) is 0 Å². The van der Waals surface area contributed by atoms with E-state index in [0.29, 0.717) is 34.9 Å². The van der Waals surface area contributed by atoms with Crippen molar-refractivity contribution in [2.45, 2.75) is 6.42 Å². The van der Waals surface area contributed by atoms with Crippen molar-refractivity contribution in [2.24, 2.45) is 0 Å². The number of para-hydroxylation sites is 1. The Labute approximate surface area is 182 Å². The van der Waals surface area contributed by atoms with Gasteiger partial charge < -0.3 is 24.8 Å². The van der Waals surface area contributed by atoms with E-state index in [9.17, 15) is 9.59 Å². The molecule has 1 aliphatic rings. The standard InChI is InChI=1S/C23H29N3O5/c1-29-20-9-8-17(16-21(20)30-2)22(27)25-19-7-4-3-6-18(19)23(28)24-10-5-11-26-12-14-31-15-13-26/h3-4,6-9,16H,5,10-15H2,1-2H3,(H,24,28)(H,25,27). The van der Waals surface area contributed by atoms with Crippen LogP contribution in [0.4, 0.5) is 5.69 Å². The Bertz CT molecular complexity index is 897. The SMILES string of the molecule is COc1ccc(C(=O)Nc2ccccc2C(=O)NCCCN2CCOCC2)cc1OC. The fourth-order valence-corrected chi connectivity index (χ4v) is 3.39. The molecular formula is C23H29N3O5. The van der Waals surface area contributed by atoms with Crippen LogP contribution in [0.3, 0.4) is 0 Å². The summed E-state index contributed by atoms with van der Waals surface area (Å²) in [6, 6.07) is 11.9. The van der Waals surface area contributed by atoms with Crippen molar-refractivity contribution in [3.63, 3.8) is 0 Å². The molecule has 0 unspecified atom stereocenters. The summed E-state index contributed by atoms with van der Waals surface area (Å²) < 4.78 is 15.8. The van der Waals surface area contributed by atoms with Gasteiger partial charge in [-0.3, -0.25) is 14.5 Å². The van der Waals surface area contributed by atoms with Gasteiger partial charge in [-0.05, 0) is 43.3 Å². The van der Waals surface area contributed by atoms with Crippen molar-refractivity contribution in [2.75, 3.05) is 58.9 Å². The topological polar surface area (TPSA) is 89.1 Å². The van der Waals surface area contributed by atoms with Crippen molar-refractivity contribution in [1.82, 2.24) is 10.2 Å². The van der Waals surface area contributed by atoms with Crippen LogP contribution in [-0.4, -0.2) is 70.3 Å². The van der Waals surface area contributed by atoms with Gasteiger partial charge in [-0.1, -0.05) is 12.1 Å². The highest BCUT2D eigenvalue weighted by atomic mass is 16.5. The van der Waals surface area contributed by atoms with Gasteiger partial charge >= 0.3 is 0 Å². The summed E-state index contributed by atoms with van der Waals surface area (Å²) in [6.45, 7) is 4.87. The number of nitrogens with one attached hydrogen (secondary N) is 2. The van der Waals surface area contributed by atoms with Gasteiger partial charge in [0.05, 0.1) is 38.7 Å². The Balaban J connectivity index is 1.59. The minimum atomic E-state index is -0.339. The molecule has 2 aromatic rings.